The second kappa shape index (κ2) is 10.3. The minimum atomic E-state index is -1.02. The highest BCUT2D eigenvalue weighted by atomic mass is 19.2. The number of hydrogen-bond acceptors (Lipinski definition) is 5. The Labute approximate surface area is 191 Å². The van der Waals surface area contributed by atoms with Gasteiger partial charge in [0.1, 0.15) is 6.04 Å². The SMILES string of the molecule is CCOC(=O)C1CCCN(C(=O)CN(C)C(=O)C(C(C)C)n2cnc3cc(F)c(F)cc32)C1. The van der Waals surface area contributed by atoms with Gasteiger partial charge in [0.05, 0.1) is 36.4 Å². The third kappa shape index (κ3) is 5.31. The van der Waals surface area contributed by atoms with Crippen LogP contribution in [0.5, 0.6) is 0 Å². The van der Waals surface area contributed by atoms with E-state index in [4.69, 9.17) is 4.74 Å². The summed E-state index contributed by atoms with van der Waals surface area (Å²) < 4.78 is 34.0. The van der Waals surface area contributed by atoms with Gasteiger partial charge in [0.2, 0.25) is 11.8 Å². The van der Waals surface area contributed by atoms with E-state index in [9.17, 15) is 23.2 Å². The number of fused-ring (bicyclic) bond motifs is 1. The Hall–Kier alpha value is -3.04. The van der Waals surface area contributed by atoms with Gasteiger partial charge in [0, 0.05) is 32.3 Å². The van der Waals surface area contributed by atoms with Crippen molar-refractivity contribution in [1.82, 2.24) is 19.4 Å². The zero-order valence-electron chi connectivity index (χ0n) is 19.4. The molecule has 2 amide bonds. The van der Waals surface area contributed by atoms with Crippen molar-refractivity contribution in [3.8, 4) is 0 Å². The highest BCUT2D eigenvalue weighted by molar-refractivity contribution is 5.88. The number of ether oxygens (including phenoxy) is 1. The van der Waals surface area contributed by atoms with Gasteiger partial charge >= 0.3 is 5.97 Å². The summed E-state index contributed by atoms with van der Waals surface area (Å²) in [7, 11) is 1.53. The van der Waals surface area contributed by atoms with E-state index in [0.717, 1.165) is 12.1 Å². The molecule has 2 unspecified atom stereocenters. The monoisotopic (exact) mass is 464 g/mol. The van der Waals surface area contributed by atoms with Gasteiger partial charge in [-0.05, 0) is 25.7 Å². The lowest BCUT2D eigenvalue weighted by molar-refractivity contribution is -0.152. The summed E-state index contributed by atoms with van der Waals surface area (Å²) in [6.07, 6.45) is 2.73. The topological polar surface area (TPSA) is 84.7 Å². The molecule has 0 spiro atoms. The van der Waals surface area contributed by atoms with Crippen molar-refractivity contribution in [3.63, 3.8) is 0 Å². The third-order valence-electron chi connectivity index (χ3n) is 5.94. The average Bonchev–Trinajstić information content (AvgIpc) is 3.16. The molecule has 1 aliphatic heterocycles. The maximum absolute atomic E-state index is 13.9. The Kier molecular flexibility index (Phi) is 7.65. The largest absolute Gasteiger partial charge is 0.466 e. The molecular weight excluding hydrogens is 434 g/mol. The number of piperidine rings is 1. The number of nitrogens with zero attached hydrogens (tertiary/aromatic N) is 4. The third-order valence-corrected chi connectivity index (χ3v) is 5.94. The fraction of sp³-hybridized carbons (Fsp3) is 0.565. The molecule has 33 heavy (non-hydrogen) atoms. The molecule has 0 saturated carbocycles. The number of likely N-dealkylation sites (tertiary alicyclic amines) is 1. The number of rotatable bonds is 7. The Morgan fingerprint density at radius 2 is 1.94 bits per heavy atom. The van der Waals surface area contributed by atoms with Crippen molar-refractivity contribution in [3.05, 3.63) is 30.1 Å². The molecule has 180 valence electrons. The number of likely N-dealkylation sites (N-methyl/N-ethyl adjacent to an activating group) is 1. The van der Waals surface area contributed by atoms with Crippen LogP contribution in [-0.4, -0.2) is 70.4 Å². The van der Waals surface area contributed by atoms with Crippen LogP contribution in [-0.2, 0) is 19.1 Å². The van der Waals surface area contributed by atoms with Gasteiger partial charge in [-0.25, -0.2) is 13.8 Å². The summed E-state index contributed by atoms with van der Waals surface area (Å²) in [6.45, 7) is 6.32. The van der Waals surface area contributed by atoms with Crippen LogP contribution < -0.4 is 0 Å². The van der Waals surface area contributed by atoms with E-state index in [-0.39, 0.29) is 54.8 Å². The Bertz CT molecular complexity index is 1040. The van der Waals surface area contributed by atoms with Crippen molar-refractivity contribution < 1.29 is 27.9 Å². The first-order valence-electron chi connectivity index (χ1n) is 11.1. The summed E-state index contributed by atoms with van der Waals surface area (Å²) in [4.78, 5) is 45.3. The van der Waals surface area contributed by atoms with E-state index in [2.05, 4.69) is 4.98 Å². The molecule has 3 rings (SSSR count). The Balaban J connectivity index is 1.74. The van der Waals surface area contributed by atoms with Crippen LogP contribution in [0.2, 0.25) is 0 Å². The van der Waals surface area contributed by atoms with Gasteiger partial charge in [-0.2, -0.15) is 0 Å². The van der Waals surface area contributed by atoms with E-state index in [1.807, 2.05) is 13.8 Å². The van der Waals surface area contributed by atoms with Gasteiger partial charge in [-0.1, -0.05) is 13.8 Å². The van der Waals surface area contributed by atoms with E-state index >= 15 is 0 Å². The first kappa shape index (κ1) is 24.6. The van der Waals surface area contributed by atoms with Gasteiger partial charge in [-0.15, -0.1) is 0 Å². The number of hydrogen-bond donors (Lipinski definition) is 0. The van der Waals surface area contributed by atoms with E-state index in [1.165, 1.54) is 22.8 Å². The normalized spacial score (nSPS) is 17.3. The Morgan fingerprint density at radius 3 is 2.61 bits per heavy atom. The lowest BCUT2D eigenvalue weighted by Crippen LogP contribution is -2.48. The summed E-state index contributed by atoms with van der Waals surface area (Å²) in [5, 5.41) is 0. The van der Waals surface area contributed by atoms with Crippen LogP contribution in [0.15, 0.2) is 18.5 Å². The number of aromatic nitrogens is 2. The van der Waals surface area contributed by atoms with Crippen LogP contribution in [0, 0.1) is 23.5 Å². The Morgan fingerprint density at radius 1 is 1.24 bits per heavy atom. The average molecular weight is 465 g/mol. The van der Waals surface area contributed by atoms with Crippen molar-refractivity contribution in [1.29, 1.82) is 0 Å². The highest BCUT2D eigenvalue weighted by Crippen LogP contribution is 2.27. The molecular formula is C23H30F2N4O4. The predicted molar refractivity (Wildman–Crippen MR) is 117 cm³/mol. The summed E-state index contributed by atoms with van der Waals surface area (Å²) in [6, 6.07) is 1.26. The van der Waals surface area contributed by atoms with Gasteiger partial charge in [-0.3, -0.25) is 14.4 Å². The number of halogens is 2. The number of carbonyl (C=O) groups excluding carboxylic acids is 3. The number of carbonyl (C=O) groups is 3. The van der Waals surface area contributed by atoms with Crippen molar-refractivity contribution in [2.24, 2.45) is 11.8 Å². The zero-order valence-corrected chi connectivity index (χ0v) is 19.4. The van der Waals surface area contributed by atoms with Crippen molar-refractivity contribution in [2.45, 2.75) is 39.7 Å². The second-order valence-corrected chi connectivity index (χ2v) is 8.72. The molecule has 10 heteroatoms. The summed E-state index contributed by atoms with van der Waals surface area (Å²) >= 11 is 0. The van der Waals surface area contributed by atoms with E-state index in [0.29, 0.717) is 24.9 Å². The zero-order chi connectivity index (χ0) is 24.3. The molecule has 0 radical (unpaired) electrons. The van der Waals surface area contributed by atoms with Crippen LogP contribution in [0.25, 0.3) is 11.0 Å². The number of imidazole rings is 1. The summed E-state index contributed by atoms with van der Waals surface area (Å²) in [5.41, 5.74) is 0.540. The molecule has 0 aliphatic carbocycles. The second-order valence-electron chi connectivity index (χ2n) is 8.72. The molecule has 1 aromatic carbocycles. The first-order valence-corrected chi connectivity index (χ1v) is 11.1. The molecule has 2 atom stereocenters. The molecule has 1 aromatic heterocycles. The molecule has 2 heterocycles. The lowest BCUT2D eigenvalue weighted by Gasteiger charge is -2.33. The van der Waals surface area contributed by atoms with Crippen LogP contribution in [0.4, 0.5) is 8.78 Å². The molecule has 1 saturated heterocycles. The quantitative estimate of drug-likeness (QED) is 0.589. The van der Waals surface area contributed by atoms with Crippen LogP contribution >= 0.6 is 0 Å². The van der Waals surface area contributed by atoms with Gasteiger partial charge < -0.3 is 19.1 Å². The number of amides is 2. The maximum atomic E-state index is 13.9. The number of benzene rings is 1. The standard InChI is InChI=1S/C23H30F2N4O4/c1-5-33-23(32)15-7-6-8-28(11-15)20(30)12-27(4)22(31)21(14(2)3)29-13-26-18-9-16(24)17(25)10-19(18)29/h9-10,13-15,21H,5-8,11-12H2,1-4H3. The maximum Gasteiger partial charge on any atom is 0.310 e. The molecule has 1 aliphatic rings. The minimum Gasteiger partial charge on any atom is -0.466 e. The predicted octanol–water partition coefficient (Wildman–Crippen LogP) is 2.77. The molecule has 1 fully saturated rings. The van der Waals surface area contributed by atoms with Crippen molar-refractivity contribution >= 4 is 28.8 Å². The van der Waals surface area contributed by atoms with Gasteiger partial charge in [0.15, 0.2) is 11.6 Å². The molecule has 8 nitrogen and oxygen atoms in total. The van der Waals surface area contributed by atoms with Gasteiger partial charge in [0.25, 0.3) is 0 Å². The minimum absolute atomic E-state index is 0.160. The summed E-state index contributed by atoms with van der Waals surface area (Å²) in [5.74, 6) is -3.51. The van der Waals surface area contributed by atoms with Crippen molar-refractivity contribution in [2.75, 3.05) is 33.3 Å². The fourth-order valence-corrected chi connectivity index (χ4v) is 4.23. The fourth-order valence-electron chi connectivity index (χ4n) is 4.23. The van der Waals surface area contributed by atoms with Crippen LogP contribution in [0.3, 0.4) is 0 Å². The number of esters is 1. The van der Waals surface area contributed by atoms with E-state index in [1.54, 1.807) is 11.8 Å². The molecule has 0 N–H and O–H groups in total. The highest BCUT2D eigenvalue weighted by Gasteiger charge is 2.33. The smallest absolute Gasteiger partial charge is 0.310 e. The molecule has 0 bridgehead atoms. The first-order chi connectivity index (χ1) is 15.6. The van der Waals surface area contributed by atoms with Crippen LogP contribution in [0.1, 0.15) is 39.7 Å². The van der Waals surface area contributed by atoms with E-state index < -0.39 is 17.7 Å². The lowest BCUT2D eigenvalue weighted by atomic mass is 9.98. The molecule has 2 aromatic rings.